The molecule has 5 heteroatoms. The first kappa shape index (κ1) is 12.8. The zero-order valence-corrected chi connectivity index (χ0v) is 10.1. The summed E-state index contributed by atoms with van der Waals surface area (Å²) >= 11 is 0. The molecule has 0 unspecified atom stereocenters. The number of carboxylic acids is 1. The Labute approximate surface area is 108 Å². The van der Waals surface area contributed by atoms with Crippen LogP contribution in [0.2, 0.25) is 0 Å². The lowest BCUT2D eigenvalue weighted by atomic mass is 9.97. The first-order valence-electron chi connectivity index (χ1n) is 5.50. The van der Waals surface area contributed by atoms with Crippen LogP contribution in [0, 0.1) is 6.92 Å². The predicted molar refractivity (Wildman–Crippen MR) is 70.3 cm³/mol. The highest BCUT2D eigenvalue weighted by Crippen LogP contribution is 2.43. The van der Waals surface area contributed by atoms with Crippen LogP contribution in [0.5, 0.6) is 17.2 Å². The van der Waals surface area contributed by atoms with E-state index in [1.54, 1.807) is 19.1 Å². The van der Waals surface area contributed by atoms with E-state index in [4.69, 9.17) is 5.11 Å². The second-order valence-corrected chi connectivity index (χ2v) is 4.11. The van der Waals surface area contributed by atoms with Crippen molar-refractivity contribution in [1.82, 2.24) is 0 Å². The molecule has 0 aromatic heterocycles. The number of hydrogen-bond acceptors (Lipinski definition) is 4. The van der Waals surface area contributed by atoms with Crippen LogP contribution in [0.3, 0.4) is 0 Å². The smallest absolute Gasteiger partial charge is 0.328 e. The SMILES string of the molecule is Cc1c(C=CC(=O)O)c(O)c2c(O)cccc2c1O. The van der Waals surface area contributed by atoms with E-state index in [1.165, 1.54) is 12.1 Å². The monoisotopic (exact) mass is 260 g/mol. The maximum Gasteiger partial charge on any atom is 0.328 e. The van der Waals surface area contributed by atoms with Crippen molar-refractivity contribution < 1.29 is 25.2 Å². The number of hydrogen-bond donors (Lipinski definition) is 4. The van der Waals surface area contributed by atoms with E-state index >= 15 is 0 Å². The van der Waals surface area contributed by atoms with Gasteiger partial charge in [-0.15, -0.1) is 0 Å². The Morgan fingerprint density at radius 2 is 1.84 bits per heavy atom. The van der Waals surface area contributed by atoms with Crippen molar-refractivity contribution in [3.05, 3.63) is 35.4 Å². The van der Waals surface area contributed by atoms with Gasteiger partial charge in [-0.25, -0.2) is 4.79 Å². The summed E-state index contributed by atoms with van der Waals surface area (Å²) in [5.74, 6) is -1.72. The second kappa shape index (κ2) is 4.53. The maximum absolute atomic E-state index is 10.5. The third-order valence-corrected chi connectivity index (χ3v) is 2.94. The molecule has 19 heavy (non-hydrogen) atoms. The Balaban J connectivity index is 2.86. The number of aliphatic carboxylic acids is 1. The first-order valence-corrected chi connectivity index (χ1v) is 5.50. The minimum atomic E-state index is -1.17. The molecular weight excluding hydrogens is 248 g/mol. The van der Waals surface area contributed by atoms with Gasteiger partial charge in [-0.2, -0.15) is 0 Å². The van der Waals surface area contributed by atoms with E-state index in [-0.39, 0.29) is 28.2 Å². The first-order chi connectivity index (χ1) is 8.93. The van der Waals surface area contributed by atoms with Crippen LogP contribution < -0.4 is 0 Å². The summed E-state index contributed by atoms with van der Waals surface area (Å²) < 4.78 is 0. The Kier molecular flexibility index (Phi) is 3.04. The average molecular weight is 260 g/mol. The molecule has 2 rings (SSSR count). The topological polar surface area (TPSA) is 98.0 Å². The number of phenols is 3. The van der Waals surface area contributed by atoms with Crippen LogP contribution in [-0.2, 0) is 4.79 Å². The van der Waals surface area contributed by atoms with Crippen LogP contribution in [0.25, 0.3) is 16.8 Å². The molecule has 2 aromatic carbocycles. The molecule has 0 aliphatic carbocycles. The predicted octanol–water partition coefficient (Wildman–Crippen LogP) is 2.36. The van der Waals surface area contributed by atoms with Gasteiger partial charge in [0.15, 0.2) is 0 Å². The summed E-state index contributed by atoms with van der Waals surface area (Å²) in [6, 6.07) is 4.48. The molecule has 0 saturated heterocycles. The van der Waals surface area contributed by atoms with Crippen LogP contribution in [0.15, 0.2) is 24.3 Å². The number of fused-ring (bicyclic) bond motifs is 1. The van der Waals surface area contributed by atoms with Crippen LogP contribution >= 0.6 is 0 Å². The molecular formula is C14H12O5. The highest BCUT2D eigenvalue weighted by atomic mass is 16.4. The third-order valence-electron chi connectivity index (χ3n) is 2.94. The third kappa shape index (κ3) is 2.06. The van der Waals surface area contributed by atoms with Crippen molar-refractivity contribution in [2.45, 2.75) is 6.92 Å². The summed E-state index contributed by atoms with van der Waals surface area (Å²) in [5, 5.41) is 39.0. The summed E-state index contributed by atoms with van der Waals surface area (Å²) in [6.07, 6.45) is 2.03. The molecule has 0 aliphatic rings. The number of benzene rings is 2. The number of rotatable bonds is 2. The van der Waals surface area contributed by atoms with Crippen LogP contribution in [0.1, 0.15) is 11.1 Å². The quantitative estimate of drug-likeness (QED) is 0.491. The molecule has 0 bridgehead atoms. The van der Waals surface area contributed by atoms with Crippen molar-refractivity contribution >= 4 is 22.8 Å². The van der Waals surface area contributed by atoms with Crippen LogP contribution in [0.4, 0.5) is 0 Å². The lowest BCUT2D eigenvalue weighted by molar-refractivity contribution is -0.131. The molecule has 4 N–H and O–H groups in total. The van der Waals surface area contributed by atoms with E-state index in [2.05, 4.69) is 0 Å². The molecule has 98 valence electrons. The van der Waals surface area contributed by atoms with Crippen LogP contribution in [-0.4, -0.2) is 26.4 Å². The lowest BCUT2D eigenvalue weighted by Gasteiger charge is -2.12. The fourth-order valence-corrected chi connectivity index (χ4v) is 1.99. The fourth-order valence-electron chi connectivity index (χ4n) is 1.99. The highest BCUT2D eigenvalue weighted by molar-refractivity contribution is 6.02. The molecule has 0 saturated carbocycles. The summed E-state index contributed by atoms with van der Waals surface area (Å²) in [5.41, 5.74) is 0.502. The Bertz CT molecular complexity index is 701. The van der Waals surface area contributed by atoms with Gasteiger partial charge in [-0.1, -0.05) is 12.1 Å². The zero-order chi connectivity index (χ0) is 14.2. The van der Waals surface area contributed by atoms with Gasteiger partial charge in [0, 0.05) is 22.6 Å². The van der Waals surface area contributed by atoms with E-state index < -0.39 is 5.97 Å². The second-order valence-electron chi connectivity index (χ2n) is 4.11. The van der Waals surface area contributed by atoms with Gasteiger partial charge in [0.2, 0.25) is 0 Å². The highest BCUT2D eigenvalue weighted by Gasteiger charge is 2.16. The van der Waals surface area contributed by atoms with Crippen molar-refractivity contribution in [2.24, 2.45) is 0 Å². The van der Waals surface area contributed by atoms with Crippen molar-refractivity contribution in [3.63, 3.8) is 0 Å². The minimum absolute atomic E-state index is 0.0932. The largest absolute Gasteiger partial charge is 0.507 e. The maximum atomic E-state index is 10.5. The zero-order valence-electron chi connectivity index (χ0n) is 10.1. The molecule has 0 amide bonds. The summed E-state index contributed by atoms with van der Waals surface area (Å²) in [4.78, 5) is 10.5. The minimum Gasteiger partial charge on any atom is -0.507 e. The Morgan fingerprint density at radius 3 is 2.47 bits per heavy atom. The molecule has 0 heterocycles. The van der Waals surface area contributed by atoms with E-state index in [0.717, 1.165) is 6.08 Å². The average Bonchev–Trinajstić information content (AvgIpc) is 2.35. The van der Waals surface area contributed by atoms with Gasteiger partial charge in [-0.05, 0) is 19.1 Å². The normalized spacial score (nSPS) is 11.2. The number of carbonyl (C=O) groups is 1. The van der Waals surface area contributed by atoms with E-state index in [1.807, 2.05) is 0 Å². The lowest BCUT2D eigenvalue weighted by Crippen LogP contribution is -1.90. The summed E-state index contributed by atoms with van der Waals surface area (Å²) in [7, 11) is 0. The van der Waals surface area contributed by atoms with Gasteiger partial charge in [-0.3, -0.25) is 0 Å². The Morgan fingerprint density at radius 1 is 1.16 bits per heavy atom. The fraction of sp³-hybridized carbons (Fsp3) is 0.0714. The van der Waals surface area contributed by atoms with E-state index in [9.17, 15) is 20.1 Å². The molecule has 5 nitrogen and oxygen atoms in total. The van der Waals surface area contributed by atoms with Crippen molar-refractivity contribution in [2.75, 3.05) is 0 Å². The van der Waals surface area contributed by atoms with Gasteiger partial charge in [0.05, 0.1) is 5.39 Å². The Hall–Kier alpha value is -2.69. The van der Waals surface area contributed by atoms with E-state index in [0.29, 0.717) is 10.9 Å². The van der Waals surface area contributed by atoms with Gasteiger partial charge >= 0.3 is 5.97 Å². The number of phenolic OH excluding ortho intramolecular Hbond substituents is 3. The molecule has 2 aromatic rings. The number of carboxylic acid groups (broad SMARTS) is 1. The van der Waals surface area contributed by atoms with Gasteiger partial charge in [0.1, 0.15) is 17.2 Å². The van der Waals surface area contributed by atoms with Crippen molar-refractivity contribution in [3.8, 4) is 17.2 Å². The van der Waals surface area contributed by atoms with Gasteiger partial charge < -0.3 is 20.4 Å². The van der Waals surface area contributed by atoms with Crippen molar-refractivity contribution in [1.29, 1.82) is 0 Å². The molecule has 0 fully saturated rings. The molecule has 0 radical (unpaired) electrons. The van der Waals surface area contributed by atoms with Gasteiger partial charge in [0.25, 0.3) is 0 Å². The standard InChI is InChI=1S/C14H12O5/c1-7-8(5-6-11(16)17)14(19)12-9(13(7)18)3-2-4-10(12)15/h2-6,15,18-19H,1H3,(H,16,17). The molecule has 0 spiro atoms. The summed E-state index contributed by atoms with van der Waals surface area (Å²) in [6.45, 7) is 1.56. The number of aromatic hydroxyl groups is 3. The molecule has 0 aliphatic heterocycles. The molecule has 0 atom stereocenters.